The molecule has 0 atom stereocenters. The van der Waals surface area contributed by atoms with Crippen molar-refractivity contribution in [2.24, 2.45) is 0 Å². The van der Waals surface area contributed by atoms with Crippen molar-refractivity contribution in [2.45, 2.75) is 18.5 Å². The summed E-state index contributed by atoms with van der Waals surface area (Å²) in [5, 5.41) is 0. The molecule has 0 fully saturated rings. The van der Waals surface area contributed by atoms with Crippen LogP contribution in [0.2, 0.25) is 0 Å². The van der Waals surface area contributed by atoms with E-state index in [0.717, 1.165) is 0 Å². The summed E-state index contributed by atoms with van der Waals surface area (Å²) >= 11 is 0. The minimum atomic E-state index is -6.07. The van der Waals surface area contributed by atoms with E-state index in [1.165, 1.54) is 0 Å². The van der Waals surface area contributed by atoms with Crippen LogP contribution in [-0.2, 0) is 18.5 Å². The summed E-state index contributed by atoms with van der Waals surface area (Å²) in [6, 6.07) is -2.98. The van der Waals surface area contributed by atoms with E-state index >= 15 is 0 Å². The summed E-state index contributed by atoms with van der Waals surface area (Å²) in [4.78, 5) is 0. The van der Waals surface area contributed by atoms with Crippen molar-refractivity contribution >= 4 is 0 Å². The van der Waals surface area contributed by atoms with Crippen LogP contribution in [0.5, 0.6) is 0 Å². The molecule has 0 bridgehead atoms. The molecule has 0 unspecified atom stereocenters. The topological polar surface area (TPSA) is 13.1 Å². The predicted molar refractivity (Wildman–Crippen MR) is 33.7 cm³/mol. The molecule has 0 radical (unpaired) electrons. The maximum atomic E-state index is 12.5. The van der Waals surface area contributed by atoms with E-state index in [0.29, 0.717) is 0 Å². The van der Waals surface area contributed by atoms with Crippen LogP contribution >= 0.6 is 0 Å². The van der Waals surface area contributed by atoms with E-state index in [-0.39, 0.29) is 0 Å². The second-order valence-corrected chi connectivity index (χ2v) is 2.95. The Morgan fingerprint density at radius 1 is 0.611 bits per heavy atom. The van der Waals surface area contributed by atoms with Crippen LogP contribution < -0.4 is 0 Å². The van der Waals surface area contributed by atoms with Gasteiger partial charge in [0.05, 0.1) is 0 Å². The average Bonchev–Trinajstić information content (AvgIpc) is 2.39. The molecular weight excluding hydrogens is 290 g/mol. The summed E-state index contributed by atoms with van der Waals surface area (Å²) in [5.74, 6) is -3.07. The third-order valence-corrected chi connectivity index (χ3v) is 1.69. The lowest BCUT2D eigenvalue weighted by molar-refractivity contribution is -0.178. The molecule has 0 amide bonds. The second kappa shape index (κ2) is 3.79. The quantitative estimate of drug-likeness (QED) is 0.642. The fourth-order valence-corrected chi connectivity index (χ4v) is 1.13. The first-order valence-electron chi connectivity index (χ1n) is 3.80. The van der Waals surface area contributed by atoms with Crippen LogP contribution in [0.1, 0.15) is 16.9 Å². The number of rotatable bonds is 0. The van der Waals surface area contributed by atoms with Crippen molar-refractivity contribution in [2.75, 3.05) is 0 Å². The standard InChI is InChI=1S/C7F10O/c8-4-2(6(12,13)14)1(5(9,10)11)3(18-4)7(15,16)17. The Balaban J connectivity index is 3.70. The number of furan rings is 1. The van der Waals surface area contributed by atoms with Crippen molar-refractivity contribution in [1.29, 1.82) is 0 Å². The monoisotopic (exact) mass is 290 g/mol. The van der Waals surface area contributed by atoms with Crippen molar-refractivity contribution in [3.05, 3.63) is 22.9 Å². The molecule has 0 aliphatic heterocycles. The Bertz CT molecular complexity index is 445. The molecule has 1 nitrogen and oxygen atoms in total. The summed E-state index contributed by atoms with van der Waals surface area (Å²) in [5.41, 5.74) is -6.35. The van der Waals surface area contributed by atoms with E-state index in [1.54, 1.807) is 0 Å². The average molecular weight is 290 g/mol. The normalized spacial score (nSPS) is 14.1. The fourth-order valence-electron chi connectivity index (χ4n) is 1.13. The van der Waals surface area contributed by atoms with Crippen molar-refractivity contribution < 1.29 is 48.3 Å². The molecule has 1 rings (SSSR count). The lowest BCUT2D eigenvalue weighted by Gasteiger charge is -2.12. The molecule has 1 heterocycles. The second-order valence-electron chi connectivity index (χ2n) is 2.95. The van der Waals surface area contributed by atoms with Gasteiger partial charge in [0, 0.05) is 0 Å². The number of hydrogen-bond acceptors (Lipinski definition) is 1. The highest BCUT2D eigenvalue weighted by atomic mass is 19.4. The zero-order valence-electron chi connectivity index (χ0n) is 7.69. The third kappa shape index (κ3) is 2.53. The molecule has 11 heteroatoms. The van der Waals surface area contributed by atoms with Gasteiger partial charge in [0.25, 0.3) is 6.01 Å². The molecule has 0 N–H and O–H groups in total. The van der Waals surface area contributed by atoms with Gasteiger partial charge in [-0.25, -0.2) is 0 Å². The minimum absolute atomic E-state index is 2.93. The molecule has 0 aromatic carbocycles. The van der Waals surface area contributed by atoms with Gasteiger partial charge in [-0.05, 0) is 0 Å². The van der Waals surface area contributed by atoms with Gasteiger partial charge in [0.15, 0.2) is 0 Å². The van der Waals surface area contributed by atoms with Gasteiger partial charge in [-0.2, -0.15) is 43.9 Å². The van der Waals surface area contributed by atoms with Crippen molar-refractivity contribution in [3.63, 3.8) is 0 Å². The summed E-state index contributed by atoms with van der Waals surface area (Å²) in [7, 11) is 0. The highest BCUT2D eigenvalue weighted by Gasteiger charge is 2.56. The summed E-state index contributed by atoms with van der Waals surface area (Å²) in [6.07, 6.45) is -17.9. The van der Waals surface area contributed by atoms with Crippen molar-refractivity contribution in [3.8, 4) is 0 Å². The predicted octanol–water partition coefficient (Wildman–Crippen LogP) is 4.48. The Labute approximate surface area is 91.0 Å². The van der Waals surface area contributed by atoms with Gasteiger partial charge in [-0.15, -0.1) is 0 Å². The zero-order valence-corrected chi connectivity index (χ0v) is 7.69. The fraction of sp³-hybridized carbons (Fsp3) is 0.429. The zero-order chi connectivity index (χ0) is 14.5. The Hall–Kier alpha value is -1.42. The van der Waals surface area contributed by atoms with E-state index in [9.17, 15) is 43.9 Å². The van der Waals surface area contributed by atoms with Crippen LogP contribution in [0.3, 0.4) is 0 Å². The molecular formula is C7F10O. The molecule has 18 heavy (non-hydrogen) atoms. The van der Waals surface area contributed by atoms with Crippen LogP contribution in [0.4, 0.5) is 43.9 Å². The van der Waals surface area contributed by atoms with E-state index in [4.69, 9.17) is 0 Å². The maximum Gasteiger partial charge on any atom is 0.450 e. The van der Waals surface area contributed by atoms with Gasteiger partial charge in [-0.3, -0.25) is 0 Å². The Morgan fingerprint density at radius 3 is 1.28 bits per heavy atom. The van der Waals surface area contributed by atoms with Gasteiger partial charge in [-0.1, -0.05) is 0 Å². The first-order valence-corrected chi connectivity index (χ1v) is 3.80. The van der Waals surface area contributed by atoms with Gasteiger partial charge in [0.1, 0.15) is 11.1 Å². The molecule has 104 valence electrons. The van der Waals surface area contributed by atoms with Crippen LogP contribution in [-0.4, -0.2) is 0 Å². The lowest BCUT2D eigenvalue weighted by atomic mass is 10.1. The SMILES string of the molecule is Fc1oc(C(F)(F)F)c(C(F)(F)F)c1C(F)(F)F. The third-order valence-electron chi connectivity index (χ3n) is 1.69. The van der Waals surface area contributed by atoms with E-state index in [2.05, 4.69) is 4.42 Å². The number of halogens is 10. The molecule has 1 aromatic rings. The molecule has 1 aromatic heterocycles. The number of alkyl halides is 9. The molecule has 0 saturated carbocycles. The molecule has 0 saturated heterocycles. The molecule has 0 aliphatic rings. The first-order chi connectivity index (χ1) is 7.76. The number of hydrogen-bond donors (Lipinski definition) is 0. The minimum Gasteiger partial charge on any atom is -0.425 e. The highest BCUT2D eigenvalue weighted by molar-refractivity contribution is 5.35. The largest absolute Gasteiger partial charge is 0.450 e. The smallest absolute Gasteiger partial charge is 0.425 e. The van der Waals surface area contributed by atoms with E-state index < -0.39 is 41.4 Å². The Morgan fingerprint density at radius 2 is 1.00 bits per heavy atom. The van der Waals surface area contributed by atoms with Gasteiger partial charge < -0.3 is 4.42 Å². The molecule has 0 spiro atoms. The van der Waals surface area contributed by atoms with Gasteiger partial charge in [0.2, 0.25) is 5.76 Å². The lowest BCUT2D eigenvalue weighted by Crippen LogP contribution is -2.19. The van der Waals surface area contributed by atoms with Gasteiger partial charge >= 0.3 is 18.5 Å². The Kier molecular flexibility index (Phi) is 3.08. The van der Waals surface area contributed by atoms with Crippen molar-refractivity contribution in [1.82, 2.24) is 0 Å². The van der Waals surface area contributed by atoms with Crippen LogP contribution in [0.15, 0.2) is 4.42 Å². The highest BCUT2D eigenvalue weighted by Crippen LogP contribution is 2.48. The summed E-state index contributed by atoms with van der Waals surface area (Å²) < 4.78 is 124. The van der Waals surface area contributed by atoms with Crippen LogP contribution in [0.25, 0.3) is 0 Å². The maximum absolute atomic E-state index is 12.5. The summed E-state index contributed by atoms with van der Waals surface area (Å²) in [6.45, 7) is 0. The first kappa shape index (κ1) is 14.6. The van der Waals surface area contributed by atoms with Crippen LogP contribution in [0, 0.1) is 6.01 Å². The molecule has 0 aliphatic carbocycles. The van der Waals surface area contributed by atoms with E-state index in [1.807, 2.05) is 0 Å².